The van der Waals surface area contributed by atoms with Crippen LogP contribution < -0.4 is 4.74 Å². The molecule has 4 nitrogen and oxygen atoms in total. The van der Waals surface area contributed by atoms with Crippen molar-refractivity contribution in [3.05, 3.63) is 59.2 Å². The summed E-state index contributed by atoms with van der Waals surface area (Å²) in [4.78, 5) is 10.9. The molecule has 2 N–H and O–H groups in total. The fourth-order valence-corrected chi connectivity index (χ4v) is 2.28. The lowest BCUT2D eigenvalue weighted by molar-refractivity contribution is 0.0693. The average Bonchev–Trinajstić information content (AvgIpc) is 2.46. The molecular formula is C17H18O4. The molecule has 4 heteroatoms. The Kier molecular flexibility index (Phi) is 3.89. The van der Waals surface area contributed by atoms with Crippen LogP contribution in [0.25, 0.3) is 0 Å². The van der Waals surface area contributed by atoms with E-state index in [0.29, 0.717) is 0 Å². The Bertz CT molecular complexity index is 657. The van der Waals surface area contributed by atoms with Crippen LogP contribution in [0, 0.1) is 0 Å². The first kappa shape index (κ1) is 14.9. The van der Waals surface area contributed by atoms with E-state index in [9.17, 15) is 9.90 Å². The first-order chi connectivity index (χ1) is 9.86. The fraction of sp³-hybridized carbons (Fsp3) is 0.235. The molecule has 21 heavy (non-hydrogen) atoms. The average molecular weight is 286 g/mol. The number of hydrogen-bond donors (Lipinski definition) is 2. The van der Waals surface area contributed by atoms with Crippen LogP contribution in [0.1, 0.15) is 35.3 Å². The van der Waals surface area contributed by atoms with Gasteiger partial charge in [-0.2, -0.15) is 0 Å². The summed E-state index contributed by atoms with van der Waals surface area (Å²) in [5.41, 5.74) is 1.44. The maximum absolute atomic E-state index is 10.9. The number of benzene rings is 2. The summed E-state index contributed by atoms with van der Waals surface area (Å²) in [6, 6.07) is 12.3. The third-order valence-electron chi connectivity index (χ3n) is 3.76. The normalized spacial score (nSPS) is 11.2. The second-order valence-electron chi connectivity index (χ2n) is 5.39. The van der Waals surface area contributed by atoms with E-state index in [4.69, 9.17) is 9.84 Å². The van der Waals surface area contributed by atoms with Crippen molar-refractivity contribution >= 4 is 5.97 Å². The number of phenols is 1. The molecule has 0 radical (unpaired) electrons. The van der Waals surface area contributed by atoms with Crippen LogP contribution >= 0.6 is 0 Å². The standard InChI is InChI=1S/C17H18O4/c1-17(2,11-4-7-13(21-3)8-5-11)12-6-9-14(16(19)20)15(18)10-12/h4-10,18H,1-3H3,(H,19,20). The lowest BCUT2D eigenvalue weighted by atomic mass is 9.78. The van der Waals surface area contributed by atoms with Gasteiger partial charge in [-0.3, -0.25) is 0 Å². The van der Waals surface area contributed by atoms with Gasteiger partial charge in [-0.15, -0.1) is 0 Å². The summed E-state index contributed by atoms with van der Waals surface area (Å²) in [7, 11) is 1.61. The maximum atomic E-state index is 10.9. The fourth-order valence-electron chi connectivity index (χ4n) is 2.28. The molecule has 0 aliphatic heterocycles. The number of aromatic hydroxyl groups is 1. The van der Waals surface area contributed by atoms with E-state index in [1.165, 1.54) is 12.1 Å². The zero-order valence-electron chi connectivity index (χ0n) is 12.3. The van der Waals surface area contributed by atoms with Gasteiger partial charge in [0.05, 0.1) is 7.11 Å². The number of carboxylic acids is 1. The molecule has 110 valence electrons. The molecule has 0 amide bonds. The Morgan fingerprint density at radius 1 is 1.05 bits per heavy atom. The number of ether oxygens (including phenoxy) is 1. The quantitative estimate of drug-likeness (QED) is 0.903. The topological polar surface area (TPSA) is 66.8 Å². The van der Waals surface area contributed by atoms with Gasteiger partial charge in [-0.05, 0) is 35.4 Å². The van der Waals surface area contributed by atoms with Crippen LogP contribution in [-0.4, -0.2) is 23.3 Å². The number of carboxylic acid groups (broad SMARTS) is 1. The molecule has 0 heterocycles. The molecule has 0 spiro atoms. The zero-order chi connectivity index (χ0) is 15.6. The molecule has 0 aliphatic rings. The molecule has 0 saturated carbocycles. The summed E-state index contributed by atoms with van der Waals surface area (Å²) >= 11 is 0. The molecule has 0 bridgehead atoms. The highest BCUT2D eigenvalue weighted by Crippen LogP contribution is 2.34. The summed E-state index contributed by atoms with van der Waals surface area (Å²) in [5.74, 6) is -0.582. The molecule has 0 saturated heterocycles. The van der Waals surface area contributed by atoms with Gasteiger partial charge in [0.2, 0.25) is 0 Å². The van der Waals surface area contributed by atoms with Crippen molar-refractivity contribution in [2.24, 2.45) is 0 Å². The number of carbonyl (C=O) groups is 1. The summed E-state index contributed by atoms with van der Waals surface area (Å²) in [6.45, 7) is 4.04. The van der Waals surface area contributed by atoms with Crippen molar-refractivity contribution in [3.63, 3.8) is 0 Å². The monoisotopic (exact) mass is 286 g/mol. The minimum Gasteiger partial charge on any atom is -0.507 e. The zero-order valence-corrected chi connectivity index (χ0v) is 12.3. The predicted octanol–water partition coefficient (Wildman–Crippen LogP) is 3.42. The Morgan fingerprint density at radius 2 is 1.62 bits per heavy atom. The van der Waals surface area contributed by atoms with Gasteiger partial charge in [0.25, 0.3) is 0 Å². The van der Waals surface area contributed by atoms with Crippen LogP contribution in [-0.2, 0) is 5.41 Å². The number of aromatic carboxylic acids is 1. The van der Waals surface area contributed by atoms with Gasteiger partial charge in [-0.1, -0.05) is 32.0 Å². The third kappa shape index (κ3) is 2.84. The first-order valence-corrected chi connectivity index (χ1v) is 6.57. The lowest BCUT2D eigenvalue weighted by Gasteiger charge is -2.26. The highest BCUT2D eigenvalue weighted by atomic mass is 16.5. The van der Waals surface area contributed by atoms with Crippen molar-refractivity contribution in [2.75, 3.05) is 7.11 Å². The highest BCUT2D eigenvalue weighted by Gasteiger charge is 2.24. The van der Waals surface area contributed by atoms with Crippen molar-refractivity contribution < 1.29 is 19.7 Å². The second-order valence-corrected chi connectivity index (χ2v) is 5.39. The SMILES string of the molecule is COc1ccc(C(C)(C)c2ccc(C(=O)O)c(O)c2)cc1. The van der Waals surface area contributed by atoms with Crippen molar-refractivity contribution in [1.29, 1.82) is 0 Å². The second kappa shape index (κ2) is 5.48. The molecule has 0 fully saturated rings. The van der Waals surface area contributed by atoms with Crippen molar-refractivity contribution in [3.8, 4) is 11.5 Å². The molecule has 2 rings (SSSR count). The molecule has 2 aromatic rings. The lowest BCUT2D eigenvalue weighted by Crippen LogP contribution is -2.19. The van der Waals surface area contributed by atoms with E-state index in [2.05, 4.69) is 0 Å². The summed E-state index contributed by atoms with van der Waals surface area (Å²) in [5, 5.41) is 18.8. The van der Waals surface area contributed by atoms with Crippen LogP contribution in [0.3, 0.4) is 0 Å². The molecule has 0 atom stereocenters. The maximum Gasteiger partial charge on any atom is 0.339 e. The number of methoxy groups -OCH3 is 1. The van der Waals surface area contributed by atoms with Crippen molar-refractivity contribution in [2.45, 2.75) is 19.3 Å². The van der Waals surface area contributed by atoms with Crippen LogP contribution in [0.15, 0.2) is 42.5 Å². The molecule has 0 aliphatic carbocycles. The van der Waals surface area contributed by atoms with Crippen LogP contribution in [0.2, 0.25) is 0 Å². The first-order valence-electron chi connectivity index (χ1n) is 6.57. The molecule has 2 aromatic carbocycles. The summed E-state index contributed by atoms with van der Waals surface area (Å²) in [6.07, 6.45) is 0. The van der Waals surface area contributed by atoms with E-state index < -0.39 is 5.97 Å². The van der Waals surface area contributed by atoms with Gasteiger partial charge >= 0.3 is 5.97 Å². The van der Waals surface area contributed by atoms with E-state index in [0.717, 1.165) is 16.9 Å². The molecular weight excluding hydrogens is 268 g/mol. The van der Waals surface area contributed by atoms with Crippen LogP contribution in [0.5, 0.6) is 11.5 Å². The van der Waals surface area contributed by atoms with E-state index in [1.807, 2.05) is 38.1 Å². The highest BCUT2D eigenvalue weighted by molar-refractivity contribution is 5.90. The Balaban J connectivity index is 2.42. The Morgan fingerprint density at radius 3 is 2.10 bits per heavy atom. The van der Waals surface area contributed by atoms with Gasteiger partial charge in [-0.25, -0.2) is 4.79 Å². The summed E-state index contributed by atoms with van der Waals surface area (Å²) < 4.78 is 5.14. The van der Waals surface area contributed by atoms with E-state index >= 15 is 0 Å². The minimum absolute atomic E-state index is 0.0933. The van der Waals surface area contributed by atoms with E-state index in [-0.39, 0.29) is 16.7 Å². The molecule has 0 aromatic heterocycles. The Hall–Kier alpha value is -2.49. The largest absolute Gasteiger partial charge is 0.507 e. The van der Waals surface area contributed by atoms with Gasteiger partial charge in [0.15, 0.2) is 0 Å². The number of hydrogen-bond acceptors (Lipinski definition) is 3. The third-order valence-corrected chi connectivity index (χ3v) is 3.76. The predicted molar refractivity (Wildman–Crippen MR) is 80.2 cm³/mol. The molecule has 0 unspecified atom stereocenters. The smallest absolute Gasteiger partial charge is 0.339 e. The minimum atomic E-state index is -1.14. The van der Waals surface area contributed by atoms with Gasteiger partial charge in [0.1, 0.15) is 17.1 Å². The van der Waals surface area contributed by atoms with Crippen LogP contribution in [0.4, 0.5) is 0 Å². The van der Waals surface area contributed by atoms with Crippen molar-refractivity contribution in [1.82, 2.24) is 0 Å². The van der Waals surface area contributed by atoms with Gasteiger partial charge < -0.3 is 14.9 Å². The Labute approximate surface area is 123 Å². The van der Waals surface area contributed by atoms with E-state index in [1.54, 1.807) is 13.2 Å². The van der Waals surface area contributed by atoms with Gasteiger partial charge in [0, 0.05) is 5.41 Å². The number of rotatable bonds is 4.